The highest BCUT2D eigenvalue weighted by Gasteiger charge is 2.30. The van der Waals surface area contributed by atoms with E-state index in [-0.39, 0.29) is 6.61 Å². The maximum Gasteiger partial charge on any atom is 0.343 e. The second kappa shape index (κ2) is 5.03. The minimum Gasteiger partial charge on any atom is -0.482 e. The number of hydrogen-bond acceptors (Lipinski definition) is 5. The Morgan fingerprint density at radius 1 is 1.50 bits per heavy atom. The van der Waals surface area contributed by atoms with E-state index in [1.54, 1.807) is 12.1 Å². The number of hydrogen-bond donors (Lipinski definition) is 3. The number of hydrazine groups is 1. The first-order valence-corrected chi connectivity index (χ1v) is 5.46. The van der Waals surface area contributed by atoms with Crippen LogP contribution in [-0.4, -0.2) is 25.1 Å². The molecule has 0 aromatic heterocycles. The number of carbonyl (C=O) groups is 2. The summed E-state index contributed by atoms with van der Waals surface area (Å²) in [5, 5.41) is 0. The van der Waals surface area contributed by atoms with E-state index in [1.165, 1.54) is 0 Å². The Morgan fingerprint density at radius 3 is 2.94 bits per heavy atom. The number of rotatable bonds is 2. The Balaban J connectivity index is 2.43. The van der Waals surface area contributed by atoms with Gasteiger partial charge < -0.3 is 10.5 Å². The average Bonchev–Trinajstić information content (AvgIpc) is 2.38. The molecular weight excluding hydrogens is 236 g/mol. The first-order chi connectivity index (χ1) is 8.67. The van der Waals surface area contributed by atoms with Crippen molar-refractivity contribution in [2.24, 2.45) is 11.6 Å². The molecular formula is C11H14N4O3. The van der Waals surface area contributed by atoms with E-state index in [0.29, 0.717) is 24.4 Å². The minimum atomic E-state index is -0.686. The molecule has 0 atom stereocenters. The van der Waals surface area contributed by atoms with Crippen LogP contribution in [0.25, 0.3) is 0 Å². The number of imide groups is 1. The Labute approximate surface area is 104 Å². The number of carbonyl (C=O) groups excluding carboxylic acids is 2. The van der Waals surface area contributed by atoms with Crippen LogP contribution >= 0.6 is 0 Å². The summed E-state index contributed by atoms with van der Waals surface area (Å²) < 4.78 is 5.25. The van der Waals surface area contributed by atoms with E-state index in [0.717, 1.165) is 10.5 Å². The molecule has 96 valence electrons. The zero-order valence-electron chi connectivity index (χ0n) is 9.68. The number of fused-ring (bicyclic) bond motifs is 1. The molecule has 0 saturated heterocycles. The van der Waals surface area contributed by atoms with Crippen molar-refractivity contribution < 1.29 is 14.3 Å². The summed E-state index contributed by atoms with van der Waals surface area (Å²) in [7, 11) is 0. The molecule has 7 nitrogen and oxygen atoms in total. The van der Waals surface area contributed by atoms with Gasteiger partial charge in [0.25, 0.3) is 5.91 Å². The van der Waals surface area contributed by atoms with E-state index in [9.17, 15) is 9.59 Å². The average molecular weight is 250 g/mol. The summed E-state index contributed by atoms with van der Waals surface area (Å²) in [6.07, 6.45) is 0.652. The summed E-state index contributed by atoms with van der Waals surface area (Å²) in [6.45, 7) is 0.299. The molecule has 1 aromatic carbocycles. The molecule has 2 rings (SSSR count). The van der Waals surface area contributed by atoms with Crippen molar-refractivity contribution >= 4 is 17.6 Å². The predicted octanol–water partition coefficient (Wildman–Crippen LogP) is -0.503. The van der Waals surface area contributed by atoms with Gasteiger partial charge in [-0.25, -0.2) is 15.5 Å². The van der Waals surface area contributed by atoms with Gasteiger partial charge in [0.2, 0.25) is 0 Å². The standard InChI is InChI=1S/C11H14N4O3/c12-4-3-7-1-2-9-8(5-7)15(11(17)14-13)10(16)6-18-9/h1-2,5H,3-4,6,12-13H2,(H,14,17). The maximum absolute atomic E-state index is 11.7. The lowest BCUT2D eigenvalue weighted by molar-refractivity contribution is -0.120. The molecule has 1 aliphatic rings. The summed E-state index contributed by atoms with van der Waals surface area (Å²) in [5.41, 5.74) is 8.73. The van der Waals surface area contributed by atoms with Crippen molar-refractivity contribution in [1.29, 1.82) is 0 Å². The van der Waals surface area contributed by atoms with Gasteiger partial charge in [-0.3, -0.25) is 10.2 Å². The zero-order valence-corrected chi connectivity index (χ0v) is 9.68. The highest BCUT2D eigenvalue weighted by molar-refractivity contribution is 6.16. The largest absolute Gasteiger partial charge is 0.482 e. The van der Waals surface area contributed by atoms with Crippen molar-refractivity contribution in [1.82, 2.24) is 5.43 Å². The molecule has 1 aromatic rings. The van der Waals surface area contributed by atoms with E-state index >= 15 is 0 Å². The van der Waals surface area contributed by atoms with Gasteiger partial charge in [-0.1, -0.05) is 6.07 Å². The van der Waals surface area contributed by atoms with Crippen molar-refractivity contribution in [2.45, 2.75) is 6.42 Å². The fourth-order valence-electron chi connectivity index (χ4n) is 1.81. The minimum absolute atomic E-state index is 0.184. The number of nitrogens with one attached hydrogen (secondary N) is 1. The van der Waals surface area contributed by atoms with E-state index in [4.69, 9.17) is 16.3 Å². The molecule has 0 aliphatic carbocycles. The van der Waals surface area contributed by atoms with Crippen LogP contribution < -0.4 is 26.6 Å². The highest BCUT2D eigenvalue weighted by atomic mass is 16.5. The molecule has 0 unspecified atom stereocenters. The summed E-state index contributed by atoms with van der Waals surface area (Å²) >= 11 is 0. The molecule has 18 heavy (non-hydrogen) atoms. The van der Waals surface area contributed by atoms with Gasteiger partial charge in [-0.2, -0.15) is 0 Å². The fraction of sp³-hybridized carbons (Fsp3) is 0.273. The van der Waals surface area contributed by atoms with E-state index in [1.807, 2.05) is 11.5 Å². The lowest BCUT2D eigenvalue weighted by Crippen LogP contribution is -2.50. The van der Waals surface area contributed by atoms with Crippen molar-refractivity contribution in [3.8, 4) is 5.75 Å². The van der Waals surface area contributed by atoms with Gasteiger partial charge in [-0.05, 0) is 30.7 Å². The summed E-state index contributed by atoms with van der Waals surface area (Å²) in [4.78, 5) is 24.3. The van der Waals surface area contributed by atoms with E-state index in [2.05, 4.69) is 0 Å². The number of amides is 3. The van der Waals surface area contributed by atoms with Crippen LogP contribution in [0.2, 0.25) is 0 Å². The third-order valence-electron chi connectivity index (χ3n) is 2.62. The molecule has 0 spiro atoms. The first-order valence-electron chi connectivity index (χ1n) is 5.46. The molecule has 0 fully saturated rings. The number of nitrogens with zero attached hydrogens (tertiary/aromatic N) is 1. The summed E-state index contributed by atoms with van der Waals surface area (Å²) in [5.74, 6) is 5.07. The smallest absolute Gasteiger partial charge is 0.343 e. The van der Waals surface area contributed by atoms with E-state index < -0.39 is 11.9 Å². The zero-order chi connectivity index (χ0) is 13.1. The van der Waals surface area contributed by atoms with Crippen LogP contribution in [0.4, 0.5) is 10.5 Å². The highest BCUT2D eigenvalue weighted by Crippen LogP contribution is 2.33. The quantitative estimate of drug-likeness (QED) is 0.372. The van der Waals surface area contributed by atoms with Crippen LogP contribution in [0.15, 0.2) is 18.2 Å². The Hall–Kier alpha value is -2.12. The third kappa shape index (κ3) is 2.13. The van der Waals surface area contributed by atoms with Gasteiger partial charge in [-0.15, -0.1) is 0 Å². The molecule has 7 heteroatoms. The van der Waals surface area contributed by atoms with Crippen LogP contribution in [0, 0.1) is 0 Å². The van der Waals surface area contributed by atoms with Crippen LogP contribution in [0.1, 0.15) is 5.56 Å². The van der Waals surface area contributed by atoms with Crippen molar-refractivity contribution in [3.05, 3.63) is 23.8 Å². The molecule has 0 saturated carbocycles. The van der Waals surface area contributed by atoms with Gasteiger partial charge in [0.05, 0.1) is 5.69 Å². The number of benzene rings is 1. The molecule has 1 aliphatic heterocycles. The lowest BCUT2D eigenvalue weighted by atomic mass is 10.1. The van der Waals surface area contributed by atoms with Crippen molar-refractivity contribution in [2.75, 3.05) is 18.1 Å². The topological polar surface area (TPSA) is 111 Å². The number of urea groups is 1. The number of nitrogens with two attached hydrogens (primary N) is 2. The maximum atomic E-state index is 11.7. The normalized spacial score (nSPS) is 13.9. The first kappa shape index (κ1) is 12.3. The second-order valence-corrected chi connectivity index (χ2v) is 3.81. The second-order valence-electron chi connectivity index (χ2n) is 3.81. The summed E-state index contributed by atoms with van der Waals surface area (Å²) in [6, 6.07) is 4.58. The molecule has 3 amide bonds. The Bertz CT molecular complexity index is 489. The van der Waals surface area contributed by atoms with Crippen LogP contribution in [0.5, 0.6) is 5.75 Å². The molecule has 5 N–H and O–H groups in total. The van der Waals surface area contributed by atoms with Gasteiger partial charge in [0.1, 0.15) is 5.75 Å². The third-order valence-corrected chi connectivity index (χ3v) is 2.62. The van der Waals surface area contributed by atoms with Gasteiger partial charge in [0, 0.05) is 0 Å². The molecule has 1 heterocycles. The monoisotopic (exact) mass is 250 g/mol. The SMILES string of the molecule is NCCc1ccc2c(c1)N(C(=O)NN)C(=O)CO2. The van der Waals surface area contributed by atoms with Crippen LogP contribution in [0.3, 0.4) is 0 Å². The van der Waals surface area contributed by atoms with Gasteiger partial charge >= 0.3 is 6.03 Å². The molecule has 0 bridgehead atoms. The molecule has 0 radical (unpaired) electrons. The lowest BCUT2D eigenvalue weighted by Gasteiger charge is -2.27. The van der Waals surface area contributed by atoms with Gasteiger partial charge in [0.15, 0.2) is 6.61 Å². The Kier molecular flexibility index (Phi) is 3.45. The fourth-order valence-corrected chi connectivity index (χ4v) is 1.81. The van der Waals surface area contributed by atoms with Crippen molar-refractivity contribution in [3.63, 3.8) is 0 Å². The number of anilines is 1. The van der Waals surface area contributed by atoms with Crippen LogP contribution in [-0.2, 0) is 11.2 Å². The number of ether oxygens (including phenoxy) is 1. The Morgan fingerprint density at radius 2 is 2.28 bits per heavy atom. The predicted molar refractivity (Wildman–Crippen MR) is 64.9 cm³/mol.